The maximum atomic E-state index is 12.2. The van der Waals surface area contributed by atoms with Crippen LogP contribution in [0.3, 0.4) is 0 Å². The van der Waals surface area contributed by atoms with Gasteiger partial charge < -0.3 is 15.2 Å². The van der Waals surface area contributed by atoms with Gasteiger partial charge in [0.15, 0.2) is 0 Å². The summed E-state index contributed by atoms with van der Waals surface area (Å²) in [6.45, 7) is 0.444. The molecule has 0 radical (unpaired) electrons. The lowest BCUT2D eigenvalue weighted by Crippen LogP contribution is -2.41. The fourth-order valence-electron chi connectivity index (χ4n) is 2.91. The van der Waals surface area contributed by atoms with Crippen molar-refractivity contribution in [2.24, 2.45) is 0 Å². The van der Waals surface area contributed by atoms with Gasteiger partial charge >= 0.3 is 5.97 Å². The highest BCUT2D eigenvalue weighted by Crippen LogP contribution is 2.23. The van der Waals surface area contributed by atoms with Crippen LogP contribution in [0.15, 0.2) is 78.9 Å². The van der Waals surface area contributed by atoms with Gasteiger partial charge in [0.1, 0.15) is 18.4 Å². The molecule has 1 unspecified atom stereocenters. The number of aliphatic carboxylic acids is 1. The zero-order valence-electron chi connectivity index (χ0n) is 17.0. The molecular weight excluding hydrogens is 449 g/mol. The number of hydrogen-bond acceptors (Lipinski definition) is 3. The van der Waals surface area contributed by atoms with Crippen LogP contribution < -0.4 is 10.1 Å². The molecular formula is C25H21Cl2NO4. The summed E-state index contributed by atoms with van der Waals surface area (Å²) in [5.41, 5.74) is 2.49. The third-order valence-corrected chi connectivity index (χ3v) is 5.34. The van der Waals surface area contributed by atoms with Gasteiger partial charge in [-0.15, -0.1) is 0 Å². The van der Waals surface area contributed by atoms with Crippen molar-refractivity contribution in [2.75, 3.05) is 0 Å². The predicted molar refractivity (Wildman–Crippen MR) is 126 cm³/mol. The first-order valence-electron chi connectivity index (χ1n) is 9.83. The molecule has 164 valence electrons. The van der Waals surface area contributed by atoms with Gasteiger partial charge in [0, 0.05) is 12.5 Å². The molecule has 3 aromatic rings. The van der Waals surface area contributed by atoms with Crippen molar-refractivity contribution in [2.45, 2.75) is 19.1 Å². The topological polar surface area (TPSA) is 75.6 Å². The fraction of sp³-hybridized carbons (Fsp3) is 0.120. The Labute approximate surface area is 196 Å². The summed E-state index contributed by atoms with van der Waals surface area (Å²) < 4.78 is 5.74. The fourth-order valence-corrected chi connectivity index (χ4v) is 3.21. The first-order valence-corrected chi connectivity index (χ1v) is 10.6. The molecule has 0 spiro atoms. The SMILES string of the molecule is O=C(C=Cc1ccc(Cl)c(Cl)c1)NC(Cc1ccc(OCc2ccccc2)cc1)C(=O)O. The third kappa shape index (κ3) is 7.15. The van der Waals surface area contributed by atoms with Crippen LogP contribution in [-0.2, 0) is 22.6 Å². The van der Waals surface area contributed by atoms with Crippen molar-refractivity contribution < 1.29 is 19.4 Å². The zero-order chi connectivity index (χ0) is 22.9. The minimum absolute atomic E-state index is 0.140. The van der Waals surface area contributed by atoms with Crippen LogP contribution >= 0.6 is 23.2 Å². The highest BCUT2D eigenvalue weighted by Gasteiger charge is 2.19. The average Bonchev–Trinajstić information content (AvgIpc) is 2.79. The highest BCUT2D eigenvalue weighted by molar-refractivity contribution is 6.42. The summed E-state index contributed by atoms with van der Waals surface area (Å²) in [5.74, 6) is -0.963. The molecule has 3 rings (SSSR count). The molecule has 0 saturated carbocycles. The van der Waals surface area contributed by atoms with Gasteiger partial charge in [0.05, 0.1) is 10.0 Å². The van der Waals surface area contributed by atoms with Gasteiger partial charge in [-0.05, 0) is 47.0 Å². The third-order valence-electron chi connectivity index (χ3n) is 4.60. The zero-order valence-corrected chi connectivity index (χ0v) is 18.5. The van der Waals surface area contributed by atoms with E-state index in [9.17, 15) is 14.7 Å². The number of carboxylic acids is 1. The Morgan fingerprint density at radius 3 is 2.31 bits per heavy atom. The summed E-state index contributed by atoms with van der Waals surface area (Å²) in [7, 11) is 0. The van der Waals surface area contributed by atoms with Crippen molar-refractivity contribution in [3.8, 4) is 5.75 Å². The summed E-state index contributed by atoms with van der Waals surface area (Å²) in [5, 5.41) is 12.8. The van der Waals surface area contributed by atoms with Gasteiger partial charge in [-0.1, -0.05) is 71.7 Å². The number of rotatable bonds is 9. The van der Waals surface area contributed by atoms with Crippen LogP contribution in [0.1, 0.15) is 16.7 Å². The van der Waals surface area contributed by atoms with E-state index in [2.05, 4.69) is 5.32 Å². The maximum Gasteiger partial charge on any atom is 0.326 e. The monoisotopic (exact) mass is 469 g/mol. The van der Waals surface area contributed by atoms with Crippen LogP contribution in [0.5, 0.6) is 5.75 Å². The van der Waals surface area contributed by atoms with E-state index in [0.717, 1.165) is 11.1 Å². The molecule has 1 atom stereocenters. The van der Waals surface area contributed by atoms with Crippen LogP contribution in [0.4, 0.5) is 0 Å². The van der Waals surface area contributed by atoms with E-state index in [4.69, 9.17) is 27.9 Å². The molecule has 2 N–H and O–H groups in total. The van der Waals surface area contributed by atoms with E-state index in [0.29, 0.717) is 28.0 Å². The smallest absolute Gasteiger partial charge is 0.326 e. The minimum atomic E-state index is -1.12. The Morgan fingerprint density at radius 2 is 1.66 bits per heavy atom. The van der Waals surface area contributed by atoms with Crippen LogP contribution in [-0.4, -0.2) is 23.0 Å². The Hall–Kier alpha value is -3.28. The number of amides is 1. The van der Waals surface area contributed by atoms with Crippen molar-refractivity contribution in [3.63, 3.8) is 0 Å². The molecule has 0 fully saturated rings. The van der Waals surface area contributed by atoms with E-state index >= 15 is 0 Å². The van der Waals surface area contributed by atoms with Gasteiger partial charge in [-0.2, -0.15) is 0 Å². The second kappa shape index (κ2) is 11.4. The Kier molecular flexibility index (Phi) is 8.31. The normalized spacial score (nSPS) is 11.8. The van der Waals surface area contributed by atoms with Crippen LogP contribution in [0, 0.1) is 0 Å². The summed E-state index contributed by atoms with van der Waals surface area (Å²) in [4.78, 5) is 23.8. The van der Waals surface area contributed by atoms with Gasteiger partial charge in [-0.25, -0.2) is 4.79 Å². The molecule has 0 aliphatic rings. The molecule has 0 bridgehead atoms. The van der Waals surface area contributed by atoms with Crippen molar-refractivity contribution >= 4 is 41.2 Å². The standard InChI is InChI=1S/C25H21Cl2NO4/c26-21-12-8-17(14-22(21)27)9-13-24(29)28-23(25(30)31)15-18-6-10-20(11-7-18)32-16-19-4-2-1-3-5-19/h1-14,23H,15-16H2,(H,28,29)(H,30,31). The number of carbonyl (C=O) groups excluding carboxylic acids is 1. The van der Waals surface area contributed by atoms with E-state index in [1.807, 2.05) is 30.3 Å². The number of benzene rings is 3. The summed E-state index contributed by atoms with van der Waals surface area (Å²) >= 11 is 11.8. The molecule has 32 heavy (non-hydrogen) atoms. The first kappa shape index (κ1) is 23.4. The molecule has 5 nitrogen and oxygen atoms in total. The molecule has 1 amide bonds. The number of carboxylic acid groups (broad SMARTS) is 1. The maximum absolute atomic E-state index is 12.2. The average molecular weight is 470 g/mol. The summed E-state index contributed by atoms with van der Waals surface area (Å²) in [6.07, 6.45) is 2.94. The molecule has 0 aliphatic carbocycles. The van der Waals surface area contributed by atoms with Crippen molar-refractivity contribution in [3.05, 3.63) is 106 Å². The Morgan fingerprint density at radius 1 is 0.938 bits per heavy atom. The predicted octanol–water partition coefficient (Wildman–Crippen LogP) is 5.40. The van der Waals surface area contributed by atoms with Gasteiger partial charge in [-0.3, -0.25) is 4.79 Å². The van der Waals surface area contributed by atoms with Crippen LogP contribution in [0.25, 0.3) is 6.08 Å². The number of nitrogens with one attached hydrogen (secondary N) is 1. The second-order valence-electron chi connectivity index (χ2n) is 7.03. The molecule has 3 aromatic carbocycles. The lowest BCUT2D eigenvalue weighted by Gasteiger charge is -2.14. The summed E-state index contributed by atoms with van der Waals surface area (Å²) in [6, 6.07) is 20.8. The Balaban J connectivity index is 1.56. The number of carbonyl (C=O) groups is 2. The van der Waals surface area contributed by atoms with Crippen molar-refractivity contribution in [1.82, 2.24) is 5.32 Å². The lowest BCUT2D eigenvalue weighted by atomic mass is 10.1. The molecule has 0 saturated heterocycles. The number of hydrogen-bond donors (Lipinski definition) is 2. The quantitative estimate of drug-likeness (QED) is 0.411. The number of halogens is 2. The Bertz CT molecular complexity index is 1100. The lowest BCUT2D eigenvalue weighted by molar-refractivity contribution is -0.141. The first-order chi connectivity index (χ1) is 15.4. The number of ether oxygens (including phenoxy) is 1. The van der Waals surface area contributed by atoms with Gasteiger partial charge in [0.25, 0.3) is 0 Å². The van der Waals surface area contributed by atoms with E-state index in [-0.39, 0.29) is 6.42 Å². The van der Waals surface area contributed by atoms with Crippen LogP contribution in [0.2, 0.25) is 10.0 Å². The largest absolute Gasteiger partial charge is 0.489 e. The highest BCUT2D eigenvalue weighted by atomic mass is 35.5. The van der Waals surface area contributed by atoms with Crippen molar-refractivity contribution in [1.29, 1.82) is 0 Å². The minimum Gasteiger partial charge on any atom is -0.489 e. The molecule has 0 aliphatic heterocycles. The van der Waals surface area contributed by atoms with E-state index < -0.39 is 17.9 Å². The molecule has 0 aromatic heterocycles. The van der Waals surface area contributed by atoms with E-state index in [1.54, 1.807) is 42.5 Å². The van der Waals surface area contributed by atoms with E-state index in [1.165, 1.54) is 12.2 Å². The van der Waals surface area contributed by atoms with Gasteiger partial charge in [0.2, 0.25) is 5.91 Å². The molecule has 0 heterocycles. The second-order valence-corrected chi connectivity index (χ2v) is 7.84. The molecule has 7 heteroatoms.